The van der Waals surface area contributed by atoms with E-state index in [0.717, 1.165) is 0 Å². The molecule has 3 nitrogen and oxygen atoms in total. The van der Waals surface area contributed by atoms with E-state index in [2.05, 4.69) is 4.74 Å². The molecule has 82 valence electrons. The number of rotatable bonds is 4. The minimum atomic E-state index is -0.415. The average molecular weight is 212 g/mol. The Bertz CT molecular complexity index is 350. The van der Waals surface area contributed by atoms with Crippen LogP contribution in [0, 0.1) is 5.82 Å². The van der Waals surface area contributed by atoms with Gasteiger partial charge in [0.1, 0.15) is 11.6 Å². The molecule has 1 rings (SSSR count). The summed E-state index contributed by atoms with van der Waals surface area (Å²) in [4.78, 5) is 11.0. The quantitative estimate of drug-likeness (QED) is 0.715. The molecule has 15 heavy (non-hydrogen) atoms. The first kappa shape index (κ1) is 11.5. The molecule has 0 aliphatic heterocycles. The molecule has 0 fully saturated rings. The lowest BCUT2D eigenvalue weighted by atomic mass is 10.1. The normalized spacial score (nSPS) is 9.80. The van der Waals surface area contributed by atoms with Gasteiger partial charge in [0.05, 0.1) is 20.1 Å². The van der Waals surface area contributed by atoms with Crippen molar-refractivity contribution in [1.29, 1.82) is 0 Å². The fourth-order valence-corrected chi connectivity index (χ4v) is 1.21. The maximum Gasteiger partial charge on any atom is 0.310 e. The Labute approximate surface area is 87.8 Å². The van der Waals surface area contributed by atoms with Crippen molar-refractivity contribution in [2.45, 2.75) is 13.3 Å². The lowest BCUT2D eigenvalue weighted by molar-refractivity contribution is -0.139. The number of hydrogen-bond acceptors (Lipinski definition) is 3. The highest BCUT2D eigenvalue weighted by molar-refractivity contribution is 5.73. The van der Waals surface area contributed by atoms with Crippen LogP contribution in [0.25, 0.3) is 0 Å². The van der Waals surface area contributed by atoms with Crippen molar-refractivity contribution in [1.82, 2.24) is 0 Å². The van der Waals surface area contributed by atoms with Gasteiger partial charge in [-0.3, -0.25) is 4.79 Å². The Kier molecular flexibility index (Phi) is 4.09. The van der Waals surface area contributed by atoms with E-state index in [4.69, 9.17) is 4.74 Å². The summed E-state index contributed by atoms with van der Waals surface area (Å²) in [6.45, 7) is 2.30. The lowest BCUT2D eigenvalue weighted by Gasteiger charge is -2.09. The van der Waals surface area contributed by atoms with Crippen molar-refractivity contribution in [3.05, 3.63) is 29.6 Å². The summed E-state index contributed by atoms with van der Waals surface area (Å²) < 4.78 is 22.7. The molecule has 0 aliphatic carbocycles. The van der Waals surface area contributed by atoms with E-state index in [9.17, 15) is 9.18 Å². The van der Waals surface area contributed by atoms with E-state index in [1.807, 2.05) is 6.92 Å². The van der Waals surface area contributed by atoms with E-state index in [1.165, 1.54) is 25.3 Å². The van der Waals surface area contributed by atoms with Gasteiger partial charge in [0, 0.05) is 5.56 Å². The Morgan fingerprint density at radius 2 is 2.20 bits per heavy atom. The minimum Gasteiger partial charge on any atom is -0.494 e. The van der Waals surface area contributed by atoms with E-state index >= 15 is 0 Å². The maximum absolute atomic E-state index is 12.9. The third-order valence-corrected chi connectivity index (χ3v) is 1.88. The van der Waals surface area contributed by atoms with Gasteiger partial charge in [0.15, 0.2) is 0 Å². The highest BCUT2D eigenvalue weighted by Crippen LogP contribution is 2.20. The molecule has 0 unspecified atom stereocenters. The number of benzene rings is 1. The van der Waals surface area contributed by atoms with E-state index in [1.54, 1.807) is 0 Å². The highest BCUT2D eigenvalue weighted by atomic mass is 19.1. The molecule has 0 saturated heterocycles. The van der Waals surface area contributed by atoms with E-state index in [-0.39, 0.29) is 6.42 Å². The van der Waals surface area contributed by atoms with Crippen molar-refractivity contribution in [3.63, 3.8) is 0 Å². The Hall–Kier alpha value is -1.58. The average Bonchev–Trinajstić information content (AvgIpc) is 2.22. The van der Waals surface area contributed by atoms with Crippen LogP contribution in [0.3, 0.4) is 0 Å². The van der Waals surface area contributed by atoms with E-state index < -0.39 is 11.8 Å². The van der Waals surface area contributed by atoms with Crippen LogP contribution in [0.5, 0.6) is 5.75 Å². The van der Waals surface area contributed by atoms with Crippen LogP contribution in [-0.4, -0.2) is 19.7 Å². The van der Waals surface area contributed by atoms with E-state index in [0.29, 0.717) is 17.9 Å². The number of esters is 1. The molecule has 0 saturated carbocycles. The fourth-order valence-electron chi connectivity index (χ4n) is 1.21. The van der Waals surface area contributed by atoms with Gasteiger partial charge >= 0.3 is 5.97 Å². The van der Waals surface area contributed by atoms with Crippen molar-refractivity contribution in [2.75, 3.05) is 13.7 Å². The van der Waals surface area contributed by atoms with Gasteiger partial charge in [-0.15, -0.1) is 0 Å². The number of ether oxygens (including phenoxy) is 2. The van der Waals surface area contributed by atoms with Crippen LogP contribution >= 0.6 is 0 Å². The smallest absolute Gasteiger partial charge is 0.310 e. The predicted molar refractivity (Wildman–Crippen MR) is 53.3 cm³/mol. The molecular formula is C11H13FO3. The summed E-state index contributed by atoms with van der Waals surface area (Å²) in [5.41, 5.74) is 0.503. The third-order valence-electron chi connectivity index (χ3n) is 1.88. The topological polar surface area (TPSA) is 35.5 Å². The second-order valence-corrected chi connectivity index (χ2v) is 2.94. The van der Waals surface area contributed by atoms with Gasteiger partial charge in [0.2, 0.25) is 0 Å². The molecule has 0 aliphatic rings. The molecule has 0 heterocycles. The third kappa shape index (κ3) is 3.23. The first-order valence-electron chi connectivity index (χ1n) is 4.65. The van der Waals surface area contributed by atoms with Gasteiger partial charge in [0.25, 0.3) is 0 Å². The summed E-state index contributed by atoms with van der Waals surface area (Å²) in [5.74, 6) is -0.289. The Morgan fingerprint density at radius 1 is 1.47 bits per heavy atom. The number of hydrogen-bond donors (Lipinski definition) is 0. The Balaban J connectivity index is 2.91. The number of carbonyl (C=O) groups excluding carboxylic acids is 1. The molecule has 0 atom stereocenters. The van der Waals surface area contributed by atoms with Crippen LogP contribution < -0.4 is 4.74 Å². The first-order chi connectivity index (χ1) is 7.17. The molecular weight excluding hydrogens is 199 g/mol. The summed E-state index contributed by atoms with van der Waals surface area (Å²) in [7, 11) is 1.29. The molecule has 0 N–H and O–H groups in total. The van der Waals surface area contributed by atoms with Crippen LogP contribution in [0.2, 0.25) is 0 Å². The minimum absolute atomic E-state index is 0.0175. The zero-order valence-corrected chi connectivity index (χ0v) is 8.75. The largest absolute Gasteiger partial charge is 0.494 e. The van der Waals surface area contributed by atoms with Crippen LogP contribution in [0.4, 0.5) is 4.39 Å². The molecule has 0 aromatic heterocycles. The monoisotopic (exact) mass is 212 g/mol. The van der Waals surface area contributed by atoms with Gasteiger partial charge in [-0.1, -0.05) is 0 Å². The molecule has 0 radical (unpaired) electrons. The van der Waals surface area contributed by atoms with Crippen molar-refractivity contribution in [3.8, 4) is 5.75 Å². The summed E-state index contributed by atoms with van der Waals surface area (Å²) >= 11 is 0. The fraction of sp³-hybridized carbons (Fsp3) is 0.364. The molecule has 0 spiro atoms. The highest BCUT2D eigenvalue weighted by Gasteiger charge is 2.10. The SMILES string of the molecule is CCOc1ccc(F)cc1CC(=O)OC. The summed E-state index contributed by atoms with van der Waals surface area (Å²) in [6, 6.07) is 4.09. The van der Waals surface area contributed by atoms with Crippen LogP contribution in [-0.2, 0) is 16.0 Å². The standard InChI is InChI=1S/C11H13FO3/c1-3-15-10-5-4-9(12)6-8(10)7-11(13)14-2/h4-6H,3,7H2,1-2H3. The maximum atomic E-state index is 12.9. The molecule has 0 amide bonds. The molecule has 4 heteroatoms. The van der Waals surface area contributed by atoms with Crippen LogP contribution in [0.15, 0.2) is 18.2 Å². The lowest BCUT2D eigenvalue weighted by Crippen LogP contribution is -2.07. The number of halogens is 1. The molecule has 0 bridgehead atoms. The van der Waals surface area contributed by atoms with Gasteiger partial charge < -0.3 is 9.47 Å². The molecule has 1 aromatic rings. The van der Waals surface area contributed by atoms with Crippen LogP contribution in [0.1, 0.15) is 12.5 Å². The molecule has 1 aromatic carbocycles. The Morgan fingerprint density at radius 3 is 2.80 bits per heavy atom. The van der Waals surface area contributed by atoms with Gasteiger partial charge in [-0.05, 0) is 25.1 Å². The second kappa shape index (κ2) is 5.34. The van der Waals surface area contributed by atoms with Crippen molar-refractivity contribution in [2.24, 2.45) is 0 Å². The second-order valence-electron chi connectivity index (χ2n) is 2.94. The first-order valence-corrected chi connectivity index (χ1v) is 4.65. The zero-order valence-electron chi connectivity index (χ0n) is 8.75. The van der Waals surface area contributed by atoms with Gasteiger partial charge in [-0.25, -0.2) is 4.39 Å². The van der Waals surface area contributed by atoms with Gasteiger partial charge in [-0.2, -0.15) is 0 Å². The number of carbonyl (C=O) groups is 1. The van der Waals surface area contributed by atoms with Crippen molar-refractivity contribution < 1.29 is 18.7 Å². The predicted octanol–water partition coefficient (Wildman–Crippen LogP) is 1.94. The summed E-state index contributed by atoms with van der Waals surface area (Å²) in [6.07, 6.45) is 0.0175. The summed E-state index contributed by atoms with van der Waals surface area (Å²) in [5, 5.41) is 0. The number of methoxy groups -OCH3 is 1. The van der Waals surface area contributed by atoms with Crippen molar-refractivity contribution >= 4 is 5.97 Å². The zero-order chi connectivity index (χ0) is 11.3.